The van der Waals surface area contributed by atoms with Crippen molar-refractivity contribution in [1.29, 1.82) is 0 Å². The van der Waals surface area contributed by atoms with Crippen molar-refractivity contribution in [1.82, 2.24) is 9.88 Å². The second-order valence-electron chi connectivity index (χ2n) is 5.24. The van der Waals surface area contributed by atoms with Gasteiger partial charge in [0.15, 0.2) is 0 Å². The summed E-state index contributed by atoms with van der Waals surface area (Å²) in [5.74, 6) is 0.659. The molecule has 2 rings (SSSR count). The van der Waals surface area contributed by atoms with Crippen molar-refractivity contribution in [2.75, 3.05) is 18.9 Å². The van der Waals surface area contributed by atoms with E-state index in [1.165, 1.54) is 6.42 Å². The van der Waals surface area contributed by atoms with E-state index in [0.29, 0.717) is 22.4 Å². The van der Waals surface area contributed by atoms with Gasteiger partial charge in [0.2, 0.25) is 0 Å². The Bertz CT molecular complexity index is 476. The summed E-state index contributed by atoms with van der Waals surface area (Å²) in [5.41, 5.74) is 0.581. The Kier molecular flexibility index (Phi) is 5.24. The molecule has 1 aliphatic rings. The molecule has 0 radical (unpaired) electrons. The summed E-state index contributed by atoms with van der Waals surface area (Å²) in [4.78, 5) is 18.8. The lowest BCUT2D eigenvalue weighted by Gasteiger charge is -2.35. The molecule has 0 saturated carbocycles. The molecule has 110 valence electrons. The van der Waals surface area contributed by atoms with Crippen molar-refractivity contribution in [3.63, 3.8) is 0 Å². The maximum atomic E-state index is 12.6. The zero-order chi connectivity index (χ0) is 14.5. The molecule has 1 unspecified atom stereocenters. The van der Waals surface area contributed by atoms with Crippen LogP contribution in [0.2, 0.25) is 5.02 Å². The molecule has 0 spiro atoms. The Morgan fingerprint density at radius 1 is 1.55 bits per heavy atom. The van der Waals surface area contributed by atoms with E-state index < -0.39 is 0 Å². The lowest BCUT2D eigenvalue weighted by molar-refractivity contribution is 0.0600. The number of hydrogen-bond acceptors (Lipinski definition) is 3. The summed E-state index contributed by atoms with van der Waals surface area (Å²) >= 11 is 6.11. The molecule has 1 aromatic rings. The fourth-order valence-electron chi connectivity index (χ4n) is 2.81. The van der Waals surface area contributed by atoms with Crippen LogP contribution >= 0.6 is 11.6 Å². The summed E-state index contributed by atoms with van der Waals surface area (Å²) in [7, 11) is 1.76. The van der Waals surface area contributed by atoms with Gasteiger partial charge in [0.05, 0.1) is 10.6 Å². The van der Waals surface area contributed by atoms with Crippen LogP contribution in [0.3, 0.4) is 0 Å². The van der Waals surface area contributed by atoms with Gasteiger partial charge in [-0.3, -0.25) is 4.79 Å². The van der Waals surface area contributed by atoms with Crippen molar-refractivity contribution in [2.45, 2.75) is 45.1 Å². The van der Waals surface area contributed by atoms with E-state index >= 15 is 0 Å². The monoisotopic (exact) mass is 295 g/mol. The highest BCUT2D eigenvalue weighted by Crippen LogP contribution is 2.25. The van der Waals surface area contributed by atoms with E-state index in [-0.39, 0.29) is 5.91 Å². The molecular weight excluding hydrogens is 274 g/mol. The molecule has 1 fully saturated rings. The molecule has 0 aromatic carbocycles. The lowest BCUT2D eigenvalue weighted by Crippen LogP contribution is -2.43. The Balaban J connectivity index is 2.18. The molecule has 1 atom stereocenters. The number of anilines is 1. The van der Waals surface area contributed by atoms with Crippen molar-refractivity contribution in [3.05, 3.63) is 22.8 Å². The number of likely N-dealkylation sites (tertiary alicyclic amines) is 1. The van der Waals surface area contributed by atoms with Crippen LogP contribution in [0.4, 0.5) is 5.82 Å². The predicted octanol–water partition coefficient (Wildman–Crippen LogP) is 3.57. The van der Waals surface area contributed by atoms with Crippen molar-refractivity contribution < 1.29 is 4.79 Å². The van der Waals surface area contributed by atoms with Gasteiger partial charge in [0.1, 0.15) is 5.82 Å². The molecule has 1 saturated heterocycles. The minimum Gasteiger partial charge on any atom is -0.372 e. The van der Waals surface area contributed by atoms with Crippen LogP contribution in [0.5, 0.6) is 0 Å². The van der Waals surface area contributed by atoms with Crippen LogP contribution < -0.4 is 5.32 Å². The van der Waals surface area contributed by atoms with Gasteiger partial charge in [-0.05, 0) is 31.7 Å². The van der Waals surface area contributed by atoms with Crippen molar-refractivity contribution in [3.8, 4) is 0 Å². The number of nitrogens with zero attached hydrogens (tertiary/aromatic N) is 2. The lowest BCUT2D eigenvalue weighted by atomic mass is 9.97. The van der Waals surface area contributed by atoms with Gasteiger partial charge in [-0.2, -0.15) is 0 Å². The first kappa shape index (κ1) is 15.1. The third-order valence-electron chi connectivity index (χ3n) is 3.83. The summed E-state index contributed by atoms with van der Waals surface area (Å²) in [6.07, 6.45) is 7.19. The third-order valence-corrected chi connectivity index (χ3v) is 4.12. The number of rotatable bonds is 4. The Morgan fingerprint density at radius 2 is 2.35 bits per heavy atom. The number of pyridine rings is 1. The molecule has 1 amide bonds. The van der Waals surface area contributed by atoms with E-state index in [1.54, 1.807) is 19.3 Å². The van der Waals surface area contributed by atoms with Gasteiger partial charge in [0, 0.05) is 25.8 Å². The molecule has 1 N–H and O–H groups in total. The normalized spacial score (nSPS) is 18.9. The number of carbonyl (C=O) groups excluding carboxylic acids is 1. The molecule has 5 heteroatoms. The molecule has 4 nitrogen and oxygen atoms in total. The van der Waals surface area contributed by atoms with Crippen molar-refractivity contribution >= 4 is 23.3 Å². The minimum absolute atomic E-state index is 0.0557. The van der Waals surface area contributed by atoms with Gasteiger partial charge in [-0.15, -0.1) is 0 Å². The first-order chi connectivity index (χ1) is 9.67. The molecule has 1 aromatic heterocycles. The third kappa shape index (κ3) is 3.23. The maximum absolute atomic E-state index is 12.6. The molecule has 0 aliphatic carbocycles. The number of hydrogen-bond donors (Lipinski definition) is 1. The quantitative estimate of drug-likeness (QED) is 0.923. The van der Waals surface area contributed by atoms with E-state index in [2.05, 4.69) is 17.2 Å². The standard InChI is InChI=1S/C15H22ClN3O/c1-3-6-12-7-4-5-8-19(12)15(20)11-9-13(16)14(17-2)18-10-11/h9-10,12H,3-8H2,1-2H3,(H,17,18). The van der Waals surface area contributed by atoms with E-state index in [9.17, 15) is 4.79 Å². The smallest absolute Gasteiger partial charge is 0.255 e. The average molecular weight is 296 g/mol. The number of carbonyl (C=O) groups is 1. The molecular formula is C15H22ClN3O. The SMILES string of the molecule is CCCC1CCCCN1C(=O)c1cnc(NC)c(Cl)c1. The Labute approximate surface area is 125 Å². The van der Waals surface area contributed by atoms with Gasteiger partial charge in [-0.1, -0.05) is 24.9 Å². The van der Waals surface area contributed by atoms with Crippen LogP contribution in [-0.2, 0) is 0 Å². The average Bonchev–Trinajstić information content (AvgIpc) is 2.47. The zero-order valence-corrected chi connectivity index (χ0v) is 12.9. The fourth-order valence-corrected chi connectivity index (χ4v) is 3.07. The second-order valence-corrected chi connectivity index (χ2v) is 5.65. The van der Waals surface area contributed by atoms with Crippen LogP contribution in [-0.4, -0.2) is 35.4 Å². The van der Waals surface area contributed by atoms with Crippen LogP contribution in [0.15, 0.2) is 12.3 Å². The number of halogens is 1. The Morgan fingerprint density at radius 3 is 3.00 bits per heavy atom. The summed E-state index contributed by atoms with van der Waals surface area (Å²) in [5, 5.41) is 3.39. The number of amides is 1. The predicted molar refractivity (Wildman–Crippen MR) is 82.4 cm³/mol. The topological polar surface area (TPSA) is 45.2 Å². The number of piperidine rings is 1. The van der Waals surface area contributed by atoms with Crippen LogP contribution in [0.25, 0.3) is 0 Å². The summed E-state index contributed by atoms with van der Waals surface area (Å²) in [6.45, 7) is 3.01. The van der Waals surface area contributed by atoms with Crippen LogP contribution in [0, 0.1) is 0 Å². The van der Waals surface area contributed by atoms with Gasteiger partial charge >= 0.3 is 0 Å². The first-order valence-electron chi connectivity index (χ1n) is 7.31. The number of nitrogens with one attached hydrogen (secondary N) is 1. The first-order valence-corrected chi connectivity index (χ1v) is 7.69. The van der Waals surface area contributed by atoms with Gasteiger partial charge in [-0.25, -0.2) is 4.98 Å². The summed E-state index contributed by atoms with van der Waals surface area (Å²) < 4.78 is 0. The Hall–Kier alpha value is -1.29. The molecule has 1 aliphatic heterocycles. The van der Waals surface area contributed by atoms with Gasteiger partial charge in [0.25, 0.3) is 5.91 Å². The van der Waals surface area contributed by atoms with Gasteiger partial charge < -0.3 is 10.2 Å². The molecule has 0 bridgehead atoms. The van der Waals surface area contributed by atoms with E-state index in [1.807, 2.05) is 4.90 Å². The highest BCUT2D eigenvalue weighted by Gasteiger charge is 2.27. The maximum Gasteiger partial charge on any atom is 0.255 e. The molecule has 20 heavy (non-hydrogen) atoms. The second kappa shape index (κ2) is 6.93. The highest BCUT2D eigenvalue weighted by molar-refractivity contribution is 6.33. The minimum atomic E-state index is 0.0557. The zero-order valence-electron chi connectivity index (χ0n) is 12.2. The molecule has 2 heterocycles. The van der Waals surface area contributed by atoms with Crippen LogP contribution in [0.1, 0.15) is 49.4 Å². The van der Waals surface area contributed by atoms with Crippen molar-refractivity contribution in [2.24, 2.45) is 0 Å². The largest absolute Gasteiger partial charge is 0.372 e. The highest BCUT2D eigenvalue weighted by atomic mass is 35.5. The summed E-state index contributed by atoms with van der Waals surface area (Å²) in [6, 6.07) is 2.07. The number of aromatic nitrogens is 1. The van der Waals surface area contributed by atoms with E-state index in [0.717, 1.165) is 32.2 Å². The van der Waals surface area contributed by atoms with E-state index in [4.69, 9.17) is 11.6 Å². The fraction of sp³-hybridized carbons (Fsp3) is 0.600.